The molecule has 0 saturated heterocycles. The third-order valence-corrected chi connectivity index (χ3v) is 3.91. The van der Waals surface area contributed by atoms with E-state index in [1.165, 1.54) is 11.1 Å². The molecule has 1 atom stereocenters. The lowest BCUT2D eigenvalue weighted by Gasteiger charge is -2.25. The van der Waals surface area contributed by atoms with Crippen LogP contribution in [0.4, 0.5) is 0 Å². The number of aromatic nitrogens is 2. The van der Waals surface area contributed by atoms with E-state index in [2.05, 4.69) is 46.5 Å². The van der Waals surface area contributed by atoms with Crippen LogP contribution in [0.15, 0.2) is 36.5 Å². The first-order valence-corrected chi connectivity index (χ1v) is 7.54. The molecule has 1 N–H and O–H groups in total. The molecule has 2 rings (SSSR count). The molecule has 5 heteroatoms. The molecule has 2 aromatic rings. The van der Waals surface area contributed by atoms with Gasteiger partial charge in [-0.15, -0.1) is 0 Å². The number of likely N-dealkylation sites (N-methyl/N-ethyl adjacent to an activating group) is 1. The summed E-state index contributed by atoms with van der Waals surface area (Å²) in [5, 5.41) is 7.02. The smallest absolute Gasteiger partial charge is 0.269 e. The lowest BCUT2D eigenvalue weighted by atomic mass is 10.0. The van der Waals surface area contributed by atoms with Crippen molar-refractivity contribution in [2.24, 2.45) is 7.05 Å². The molecule has 0 bridgehead atoms. The molecular formula is C17H24N4O. The Morgan fingerprint density at radius 2 is 1.95 bits per heavy atom. The molecule has 0 saturated carbocycles. The van der Waals surface area contributed by atoms with E-state index in [4.69, 9.17) is 0 Å². The van der Waals surface area contributed by atoms with E-state index in [-0.39, 0.29) is 11.9 Å². The number of hydrogen-bond donors (Lipinski definition) is 1. The van der Waals surface area contributed by atoms with Gasteiger partial charge in [0.05, 0.1) is 6.04 Å². The molecule has 22 heavy (non-hydrogen) atoms. The number of benzene rings is 1. The molecule has 118 valence electrons. The maximum atomic E-state index is 12.2. The van der Waals surface area contributed by atoms with Gasteiger partial charge >= 0.3 is 0 Å². The lowest BCUT2D eigenvalue weighted by Crippen LogP contribution is -2.35. The van der Waals surface area contributed by atoms with Gasteiger partial charge in [0.1, 0.15) is 5.69 Å². The number of amides is 1. The van der Waals surface area contributed by atoms with Crippen LogP contribution in [-0.2, 0) is 13.5 Å². The van der Waals surface area contributed by atoms with Gasteiger partial charge in [0.25, 0.3) is 5.91 Å². The number of carbonyl (C=O) groups excluding carboxylic acids is 1. The fraction of sp³-hybridized carbons (Fsp3) is 0.412. The molecule has 0 spiro atoms. The number of hydrogen-bond acceptors (Lipinski definition) is 3. The van der Waals surface area contributed by atoms with Crippen LogP contribution in [-0.4, -0.2) is 41.2 Å². The standard InChI is InChI=1S/C17H24N4O/c1-5-13-6-8-14(9-7-13)16(20(2)3)12-18-17(22)15-10-11-19-21(15)4/h6-11,16H,5,12H2,1-4H3,(H,18,22). The Balaban J connectivity index is 2.05. The number of rotatable bonds is 6. The highest BCUT2D eigenvalue weighted by molar-refractivity contribution is 5.92. The van der Waals surface area contributed by atoms with Gasteiger partial charge in [-0.2, -0.15) is 5.10 Å². The SMILES string of the molecule is CCc1ccc(C(CNC(=O)c2ccnn2C)N(C)C)cc1. The van der Waals surface area contributed by atoms with Crippen LogP contribution in [0.25, 0.3) is 0 Å². The minimum atomic E-state index is -0.1000. The van der Waals surface area contributed by atoms with Gasteiger partial charge in [-0.25, -0.2) is 0 Å². The highest BCUT2D eigenvalue weighted by atomic mass is 16.2. The van der Waals surface area contributed by atoms with E-state index in [0.717, 1.165) is 6.42 Å². The van der Waals surface area contributed by atoms with Gasteiger partial charge in [0.2, 0.25) is 0 Å². The Morgan fingerprint density at radius 3 is 2.45 bits per heavy atom. The minimum absolute atomic E-state index is 0.1000. The van der Waals surface area contributed by atoms with Crippen molar-refractivity contribution in [3.8, 4) is 0 Å². The Morgan fingerprint density at radius 1 is 1.27 bits per heavy atom. The van der Waals surface area contributed by atoms with Crippen molar-refractivity contribution in [1.82, 2.24) is 20.0 Å². The van der Waals surface area contributed by atoms with Gasteiger partial charge in [-0.1, -0.05) is 31.2 Å². The maximum absolute atomic E-state index is 12.2. The quantitative estimate of drug-likeness (QED) is 0.888. The van der Waals surface area contributed by atoms with Crippen molar-refractivity contribution < 1.29 is 4.79 Å². The predicted molar refractivity (Wildman–Crippen MR) is 87.8 cm³/mol. The Hall–Kier alpha value is -2.14. The Kier molecular flexibility index (Phi) is 5.33. The highest BCUT2D eigenvalue weighted by Crippen LogP contribution is 2.18. The zero-order valence-electron chi connectivity index (χ0n) is 13.7. The van der Waals surface area contributed by atoms with Crippen molar-refractivity contribution in [3.05, 3.63) is 53.3 Å². The molecule has 0 fully saturated rings. The second-order valence-electron chi connectivity index (χ2n) is 5.62. The number of aryl methyl sites for hydroxylation is 2. The summed E-state index contributed by atoms with van der Waals surface area (Å²) in [5.74, 6) is -0.1000. The van der Waals surface area contributed by atoms with Crippen molar-refractivity contribution >= 4 is 5.91 Å². The summed E-state index contributed by atoms with van der Waals surface area (Å²) in [4.78, 5) is 14.3. The predicted octanol–water partition coefficient (Wildman–Crippen LogP) is 2.02. The van der Waals surface area contributed by atoms with Crippen molar-refractivity contribution in [3.63, 3.8) is 0 Å². The average Bonchev–Trinajstić information content (AvgIpc) is 2.94. The minimum Gasteiger partial charge on any atom is -0.349 e. The number of carbonyl (C=O) groups is 1. The molecule has 5 nitrogen and oxygen atoms in total. The van der Waals surface area contributed by atoms with Gasteiger partial charge in [-0.05, 0) is 37.7 Å². The summed E-state index contributed by atoms with van der Waals surface area (Å²) in [6.45, 7) is 2.70. The highest BCUT2D eigenvalue weighted by Gasteiger charge is 2.17. The first kappa shape index (κ1) is 16.2. The van der Waals surface area contributed by atoms with Gasteiger partial charge < -0.3 is 10.2 Å². The summed E-state index contributed by atoms with van der Waals surface area (Å²) >= 11 is 0. The van der Waals surface area contributed by atoms with E-state index in [9.17, 15) is 4.79 Å². The monoisotopic (exact) mass is 300 g/mol. The second kappa shape index (κ2) is 7.22. The third-order valence-electron chi connectivity index (χ3n) is 3.91. The Bertz CT molecular complexity index is 616. The number of nitrogens with one attached hydrogen (secondary N) is 1. The molecular weight excluding hydrogens is 276 g/mol. The summed E-state index contributed by atoms with van der Waals surface area (Å²) in [6, 6.07) is 10.4. The van der Waals surface area contributed by atoms with Crippen LogP contribution in [0.5, 0.6) is 0 Å². The summed E-state index contributed by atoms with van der Waals surface area (Å²) in [6.07, 6.45) is 2.66. The van der Waals surface area contributed by atoms with Crippen LogP contribution in [0, 0.1) is 0 Å². The first-order chi connectivity index (χ1) is 10.5. The zero-order valence-corrected chi connectivity index (χ0v) is 13.7. The van der Waals surface area contributed by atoms with Gasteiger partial charge in [0, 0.05) is 19.8 Å². The second-order valence-corrected chi connectivity index (χ2v) is 5.62. The molecule has 1 aromatic carbocycles. The molecule has 1 unspecified atom stereocenters. The molecule has 1 heterocycles. The molecule has 1 amide bonds. The van der Waals surface area contributed by atoms with Crippen LogP contribution in [0.2, 0.25) is 0 Å². The van der Waals surface area contributed by atoms with Crippen LogP contribution >= 0.6 is 0 Å². The molecule has 0 aliphatic heterocycles. The normalized spacial score (nSPS) is 12.4. The maximum Gasteiger partial charge on any atom is 0.269 e. The van der Waals surface area contributed by atoms with Crippen LogP contribution in [0.3, 0.4) is 0 Å². The summed E-state index contributed by atoms with van der Waals surface area (Å²) < 4.78 is 1.58. The van der Waals surface area contributed by atoms with E-state index in [1.807, 2.05) is 14.1 Å². The van der Waals surface area contributed by atoms with Crippen LogP contribution < -0.4 is 5.32 Å². The fourth-order valence-electron chi connectivity index (χ4n) is 2.45. The summed E-state index contributed by atoms with van der Waals surface area (Å²) in [7, 11) is 5.81. The van der Waals surface area contributed by atoms with Crippen molar-refractivity contribution in [2.75, 3.05) is 20.6 Å². The average molecular weight is 300 g/mol. The lowest BCUT2D eigenvalue weighted by molar-refractivity contribution is 0.0932. The summed E-state index contributed by atoms with van der Waals surface area (Å²) in [5.41, 5.74) is 3.09. The van der Waals surface area contributed by atoms with E-state index in [1.54, 1.807) is 24.0 Å². The van der Waals surface area contributed by atoms with E-state index >= 15 is 0 Å². The van der Waals surface area contributed by atoms with E-state index in [0.29, 0.717) is 12.2 Å². The topological polar surface area (TPSA) is 50.2 Å². The number of nitrogens with zero attached hydrogens (tertiary/aromatic N) is 3. The van der Waals surface area contributed by atoms with E-state index < -0.39 is 0 Å². The fourth-order valence-corrected chi connectivity index (χ4v) is 2.45. The largest absolute Gasteiger partial charge is 0.349 e. The van der Waals surface area contributed by atoms with Crippen molar-refractivity contribution in [1.29, 1.82) is 0 Å². The van der Waals surface area contributed by atoms with Gasteiger partial charge in [0.15, 0.2) is 0 Å². The molecule has 1 aromatic heterocycles. The first-order valence-electron chi connectivity index (χ1n) is 7.54. The molecule has 0 aliphatic rings. The van der Waals surface area contributed by atoms with Crippen LogP contribution in [0.1, 0.15) is 34.6 Å². The van der Waals surface area contributed by atoms with Crippen molar-refractivity contribution in [2.45, 2.75) is 19.4 Å². The molecule has 0 aliphatic carbocycles. The Labute approximate surface area is 131 Å². The van der Waals surface area contributed by atoms with Gasteiger partial charge in [-0.3, -0.25) is 9.48 Å². The third kappa shape index (κ3) is 3.74. The molecule has 0 radical (unpaired) electrons. The zero-order chi connectivity index (χ0) is 16.1.